The highest BCUT2D eigenvalue weighted by Crippen LogP contribution is 2.26. The number of H-pyrrole nitrogens is 1. The Balaban J connectivity index is 1.37. The monoisotopic (exact) mass is 343 g/mol. The Hall–Kier alpha value is -2.37. The third-order valence-corrected chi connectivity index (χ3v) is 5.11. The highest BCUT2D eigenvalue weighted by atomic mass is 19.1. The Morgan fingerprint density at radius 1 is 1.28 bits per heavy atom. The van der Waals surface area contributed by atoms with Crippen LogP contribution in [0.1, 0.15) is 41.0 Å². The molecule has 0 radical (unpaired) electrons. The van der Waals surface area contributed by atoms with E-state index in [0.29, 0.717) is 24.6 Å². The van der Waals surface area contributed by atoms with Crippen LogP contribution in [-0.4, -0.2) is 40.7 Å². The molecule has 0 saturated carbocycles. The van der Waals surface area contributed by atoms with E-state index in [-0.39, 0.29) is 17.6 Å². The Labute approximate surface area is 146 Å². The number of amides is 1. The summed E-state index contributed by atoms with van der Waals surface area (Å²) in [5.74, 6) is 0.712. The fourth-order valence-electron chi connectivity index (χ4n) is 3.78. The molecular weight excluding hydrogens is 321 g/mol. The Morgan fingerprint density at radius 3 is 2.96 bits per heavy atom. The number of aromatic nitrogens is 2. The summed E-state index contributed by atoms with van der Waals surface area (Å²) in [4.78, 5) is 14.7. The minimum Gasteiger partial charge on any atom is -0.493 e. The van der Waals surface area contributed by atoms with Crippen molar-refractivity contribution < 1.29 is 13.9 Å². The van der Waals surface area contributed by atoms with Crippen LogP contribution in [-0.2, 0) is 12.8 Å². The Morgan fingerprint density at radius 2 is 2.12 bits per heavy atom. The number of hydrogen-bond donors (Lipinski definition) is 1. The van der Waals surface area contributed by atoms with Gasteiger partial charge in [0.25, 0.3) is 5.91 Å². The molecule has 0 spiro atoms. The van der Waals surface area contributed by atoms with Gasteiger partial charge >= 0.3 is 0 Å². The van der Waals surface area contributed by atoms with Gasteiger partial charge in [0.15, 0.2) is 5.69 Å². The van der Waals surface area contributed by atoms with Crippen molar-refractivity contribution in [1.82, 2.24) is 15.1 Å². The van der Waals surface area contributed by atoms with Crippen molar-refractivity contribution >= 4 is 5.91 Å². The van der Waals surface area contributed by atoms with Crippen molar-refractivity contribution in [2.75, 3.05) is 19.7 Å². The maximum Gasteiger partial charge on any atom is 0.274 e. The van der Waals surface area contributed by atoms with Crippen LogP contribution in [0.25, 0.3) is 0 Å². The van der Waals surface area contributed by atoms with Crippen molar-refractivity contribution in [3.05, 3.63) is 47.0 Å². The van der Waals surface area contributed by atoms with Crippen LogP contribution in [0.3, 0.4) is 0 Å². The number of fused-ring (bicyclic) bond motifs is 1. The number of aromatic amines is 1. The Kier molecular flexibility index (Phi) is 4.42. The highest BCUT2D eigenvalue weighted by Gasteiger charge is 2.30. The summed E-state index contributed by atoms with van der Waals surface area (Å²) in [6.07, 6.45) is 5.03. The lowest BCUT2D eigenvalue weighted by molar-refractivity contribution is 0.0626. The molecule has 1 aromatic heterocycles. The maximum atomic E-state index is 12.9. The lowest BCUT2D eigenvalue weighted by Crippen LogP contribution is -2.42. The molecule has 2 heterocycles. The summed E-state index contributed by atoms with van der Waals surface area (Å²) in [7, 11) is 0. The molecule has 25 heavy (non-hydrogen) atoms. The van der Waals surface area contributed by atoms with Gasteiger partial charge in [0.1, 0.15) is 11.6 Å². The second-order valence-corrected chi connectivity index (χ2v) is 6.91. The standard InChI is InChI=1S/C19H22FN3O2/c20-14-6-8-15(9-7-14)25-12-13-3-2-10-23(11-13)19(24)18-16-4-1-5-17(16)21-22-18/h6-9,13H,1-5,10-12H2,(H,21,22)/t13-/m1/s1. The normalized spacial score (nSPS) is 19.7. The molecule has 1 aliphatic heterocycles. The van der Waals surface area contributed by atoms with Crippen LogP contribution >= 0.6 is 0 Å². The van der Waals surface area contributed by atoms with Crippen LogP contribution in [0, 0.1) is 11.7 Å². The van der Waals surface area contributed by atoms with Gasteiger partial charge in [-0.2, -0.15) is 5.10 Å². The van der Waals surface area contributed by atoms with Crippen molar-refractivity contribution in [2.24, 2.45) is 5.92 Å². The number of likely N-dealkylation sites (tertiary alicyclic amines) is 1. The van der Waals surface area contributed by atoms with Crippen LogP contribution in [0.15, 0.2) is 24.3 Å². The first kappa shape index (κ1) is 16.1. The number of halogens is 1. The quantitative estimate of drug-likeness (QED) is 0.928. The lowest BCUT2D eigenvalue weighted by Gasteiger charge is -2.32. The summed E-state index contributed by atoms with van der Waals surface area (Å²) in [6.45, 7) is 1.99. The van der Waals surface area contributed by atoms with Gasteiger partial charge < -0.3 is 9.64 Å². The fourth-order valence-corrected chi connectivity index (χ4v) is 3.78. The predicted molar refractivity (Wildman–Crippen MR) is 91.1 cm³/mol. The van der Waals surface area contributed by atoms with E-state index in [4.69, 9.17) is 4.74 Å². The summed E-state index contributed by atoms with van der Waals surface area (Å²) < 4.78 is 18.7. The first-order valence-electron chi connectivity index (χ1n) is 8.94. The third kappa shape index (κ3) is 3.38. The number of nitrogens with zero attached hydrogens (tertiary/aromatic N) is 2. The van der Waals surface area contributed by atoms with E-state index in [0.717, 1.165) is 49.9 Å². The van der Waals surface area contributed by atoms with Gasteiger partial charge in [-0.25, -0.2) is 4.39 Å². The van der Waals surface area contributed by atoms with E-state index in [1.54, 1.807) is 12.1 Å². The van der Waals surface area contributed by atoms with Crippen LogP contribution in [0.4, 0.5) is 4.39 Å². The average molecular weight is 343 g/mol. The van der Waals surface area contributed by atoms with Crippen molar-refractivity contribution in [2.45, 2.75) is 32.1 Å². The SMILES string of the molecule is O=C(c1n[nH]c2c1CCC2)N1CCC[C@@H](COc2ccc(F)cc2)C1. The molecule has 1 aliphatic carbocycles. The van der Waals surface area contributed by atoms with E-state index < -0.39 is 0 Å². The van der Waals surface area contributed by atoms with Crippen molar-refractivity contribution in [3.8, 4) is 5.75 Å². The van der Waals surface area contributed by atoms with Crippen LogP contribution in [0.5, 0.6) is 5.75 Å². The van der Waals surface area contributed by atoms with Gasteiger partial charge in [0.2, 0.25) is 0 Å². The van der Waals surface area contributed by atoms with Crippen LogP contribution in [0.2, 0.25) is 0 Å². The first-order chi connectivity index (χ1) is 12.2. The lowest BCUT2D eigenvalue weighted by atomic mass is 9.98. The number of rotatable bonds is 4. The summed E-state index contributed by atoms with van der Waals surface area (Å²) in [5.41, 5.74) is 2.83. The zero-order chi connectivity index (χ0) is 17.2. The molecule has 1 fully saturated rings. The number of nitrogens with one attached hydrogen (secondary N) is 1. The largest absolute Gasteiger partial charge is 0.493 e. The first-order valence-corrected chi connectivity index (χ1v) is 8.94. The van der Waals surface area contributed by atoms with Gasteiger partial charge in [0.05, 0.1) is 6.61 Å². The van der Waals surface area contributed by atoms with E-state index in [1.807, 2.05) is 4.90 Å². The van der Waals surface area contributed by atoms with Gasteiger partial charge in [-0.3, -0.25) is 9.89 Å². The van der Waals surface area contributed by atoms with Crippen molar-refractivity contribution in [1.29, 1.82) is 0 Å². The van der Waals surface area contributed by atoms with Crippen LogP contribution < -0.4 is 4.74 Å². The zero-order valence-electron chi connectivity index (χ0n) is 14.1. The molecule has 1 amide bonds. The highest BCUT2D eigenvalue weighted by molar-refractivity contribution is 5.94. The molecule has 0 unspecified atom stereocenters. The minimum absolute atomic E-state index is 0.0332. The second-order valence-electron chi connectivity index (χ2n) is 6.91. The van der Waals surface area contributed by atoms with E-state index in [9.17, 15) is 9.18 Å². The number of ether oxygens (including phenoxy) is 1. The third-order valence-electron chi connectivity index (χ3n) is 5.11. The maximum absolute atomic E-state index is 12.9. The topological polar surface area (TPSA) is 58.2 Å². The number of aryl methyl sites for hydroxylation is 1. The van der Waals surface area contributed by atoms with E-state index >= 15 is 0 Å². The summed E-state index contributed by atoms with van der Waals surface area (Å²) in [5, 5.41) is 7.27. The van der Waals surface area contributed by atoms with Gasteiger partial charge in [-0.15, -0.1) is 0 Å². The molecule has 2 aliphatic rings. The molecule has 1 saturated heterocycles. The summed E-state index contributed by atoms with van der Waals surface area (Å²) in [6, 6.07) is 6.05. The molecule has 4 rings (SSSR count). The molecule has 2 aromatic rings. The molecule has 1 atom stereocenters. The number of benzene rings is 1. The second kappa shape index (κ2) is 6.86. The molecule has 1 aromatic carbocycles. The van der Waals surface area contributed by atoms with E-state index in [1.165, 1.54) is 12.1 Å². The minimum atomic E-state index is -0.270. The number of piperidine rings is 1. The van der Waals surface area contributed by atoms with E-state index in [2.05, 4.69) is 10.2 Å². The molecule has 1 N–H and O–H groups in total. The van der Waals surface area contributed by atoms with Crippen molar-refractivity contribution in [3.63, 3.8) is 0 Å². The zero-order valence-corrected chi connectivity index (χ0v) is 14.1. The van der Waals surface area contributed by atoms with Gasteiger partial charge in [-0.1, -0.05) is 0 Å². The molecule has 6 heteroatoms. The Bertz CT molecular complexity index is 757. The van der Waals surface area contributed by atoms with Gasteiger partial charge in [0, 0.05) is 30.3 Å². The molecule has 5 nitrogen and oxygen atoms in total. The molecule has 132 valence electrons. The molecule has 0 bridgehead atoms. The number of carbonyl (C=O) groups excluding carboxylic acids is 1. The predicted octanol–water partition coefficient (Wildman–Crippen LogP) is 2.97. The fraction of sp³-hybridized carbons (Fsp3) is 0.474. The average Bonchev–Trinajstić information content (AvgIpc) is 3.24. The number of hydrogen-bond acceptors (Lipinski definition) is 3. The smallest absolute Gasteiger partial charge is 0.274 e. The molecular formula is C19H22FN3O2. The number of carbonyl (C=O) groups is 1. The summed E-state index contributed by atoms with van der Waals surface area (Å²) >= 11 is 0. The van der Waals surface area contributed by atoms with Gasteiger partial charge in [-0.05, 0) is 56.4 Å².